The zero-order valence-electron chi connectivity index (χ0n) is 12.4. The smallest absolute Gasteiger partial charge is 0.241 e. The fourth-order valence-corrected chi connectivity index (χ4v) is 1.71. The minimum Gasteiger partial charge on any atom is -0.354 e. The summed E-state index contributed by atoms with van der Waals surface area (Å²) in [4.78, 5) is 19.5. The summed E-state index contributed by atoms with van der Waals surface area (Å²) in [6.45, 7) is 7.07. The van der Waals surface area contributed by atoms with Gasteiger partial charge >= 0.3 is 0 Å². The van der Waals surface area contributed by atoms with Crippen LogP contribution in [0.4, 0.5) is 11.9 Å². The van der Waals surface area contributed by atoms with Gasteiger partial charge in [0.05, 0.1) is 0 Å². The van der Waals surface area contributed by atoms with Crippen LogP contribution in [-0.2, 0) is 0 Å². The fraction of sp³-hybridized carbons (Fsp3) is 0.538. The van der Waals surface area contributed by atoms with Crippen LogP contribution < -0.4 is 10.2 Å². The van der Waals surface area contributed by atoms with Gasteiger partial charge in [-0.15, -0.1) is 0 Å². The van der Waals surface area contributed by atoms with Crippen LogP contribution in [0.1, 0.15) is 27.2 Å². The molecule has 0 aliphatic carbocycles. The molecule has 0 aromatic carbocycles. The van der Waals surface area contributed by atoms with E-state index in [0.29, 0.717) is 23.9 Å². The molecule has 0 radical (unpaired) electrons. The van der Waals surface area contributed by atoms with Crippen molar-refractivity contribution in [2.75, 3.05) is 23.8 Å². The van der Waals surface area contributed by atoms with Crippen LogP contribution in [0.25, 0.3) is 5.95 Å². The zero-order chi connectivity index (χ0) is 14.5. The average Bonchev–Trinajstić information content (AvgIpc) is 3.00. The van der Waals surface area contributed by atoms with Gasteiger partial charge in [-0.1, -0.05) is 6.92 Å². The molecule has 2 heterocycles. The third-order valence-corrected chi connectivity index (χ3v) is 3.25. The zero-order valence-corrected chi connectivity index (χ0v) is 12.4. The molecule has 0 aliphatic heterocycles. The Morgan fingerprint density at radius 2 is 2.10 bits per heavy atom. The lowest BCUT2D eigenvalue weighted by molar-refractivity contribution is 0.645. The molecule has 1 unspecified atom stereocenters. The molecule has 0 fully saturated rings. The summed E-state index contributed by atoms with van der Waals surface area (Å²) in [5.74, 6) is 1.81. The summed E-state index contributed by atoms with van der Waals surface area (Å²) in [5, 5.41) is 3.14. The Labute approximate surface area is 119 Å². The number of nitrogens with zero attached hydrogens (tertiary/aromatic N) is 6. The van der Waals surface area contributed by atoms with Gasteiger partial charge in [-0.05, 0) is 20.3 Å². The first-order valence-electron chi connectivity index (χ1n) is 6.86. The quantitative estimate of drug-likeness (QED) is 0.865. The summed E-state index contributed by atoms with van der Waals surface area (Å²) in [5.41, 5.74) is 0. The van der Waals surface area contributed by atoms with Crippen molar-refractivity contribution in [2.45, 2.75) is 33.2 Å². The number of hydrogen-bond acceptors (Lipinski definition) is 6. The van der Waals surface area contributed by atoms with Crippen molar-refractivity contribution in [1.82, 2.24) is 24.5 Å². The van der Waals surface area contributed by atoms with Crippen molar-refractivity contribution >= 4 is 11.9 Å². The van der Waals surface area contributed by atoms with Crippen LogP contribution in [0, 0.1) is 0 Å². The van der Waals surface area contributed by atoms with Crippen molar-refractivity contribution in [2.24, 2.45) is 0 Å². The molecule has 20 heavy (non-hydrogen) atoms. The van der Waals surface area contributed by atoms with E-state index in [-0.39, 0.29) is 0 Å². The highest BCUT2D eigenvalue weighted by Crippen LogP contribution is 2.15. The molecular formula is C13H21N7. The molecule has 7 heteroatoms. The van der Waals surface area contributed by atoms with Crippen molar-refractivity contribution in [1.29, 1.82) is 0 Å². The van der Waals surface area contributed by atoms with Crippen LogP contribution in [0.2, 0.25) is 0 Å². The number of anilines is 2. The molecule has 0 saturated heterocycles. The average molecular weight is 275 g/mol. The maximum absolute atomic E-state index is 4.51. The Bertz CT molecular complexity index is 538. The maximum Gasteiger partial charge on any atom is 0.241 e. The minimum absolute atomic E-state index is 0.363. The summed E-state index contributed by atoms with van der Waals surface area (Å²) < 4.78 is 1.77. The lowest BCUT2D eigenvalue weighted by Gasteiger charge is -2.24. The highest BCUT2D eigenvalue weighted by Gasteiger charge is 2.14. The number of nitrogens with one attached hydrogen (secondary N) is 1. The van der Waals surface area contributed by atoms with Gasteiger partial charge in [-0.2, -0.15) is 15.0 Å². The van der Waals surface area contributed by atoms with Crippen LogP contribution >= 0.6 is 0 Å². The van der Waals surface area contributed by atoms with Gasteiger partial charge in [0.15, 0.2) is 0 Å². The topological polar surface area (TPSA) is 71.8 Å². The lowest BCUT2D eigenvalue weighted by Crippen LogP contribution is -2.30. The predicted octanol–water partition coefficient (Wildman–Crippen LogP) is 1.72. The van der Waals surface area contributed by atoms with Gasteiger partial charge in [-0.3, -0.25) is 4.57 Å². The van der Waals surface area contributed by atoms with Gasteiger partial charge in [0.1, 0.15) is 6.33 Å². The lowest BCUT2D eigenvalue weighted by atomic mass is 10.2. The van der Waals surface area contributed by atoms with Gasteiger partial charge in [0, 0.05) is 32.0 Å². The molecule has 2 rings (SSSR count). The molecule has 0 bridgehead atoms. The van der Waals surface area contributed by atoms with E-state index < -0.39 is 0 Å². The van der Waals surface area contributed by atoms with E-state index in [1.165, 1.54) is 0 Å². The minimum atomic E-state index is 0.363. The Morgan fingerprint density at radius 1 is 1.30 bits per heavy atom. The Hall–Kier alpha value is -2.18. The Morgan fingerprint density at radius 3 is 2.70 bits per heavy atom. The van der Waals surface area contributed by atoms with Crippen molar-refractivity contribution in [3.05, 3.63) is 18.7 Å². The molecular weight excluding hydrogens is 254 g/mol. The number of hydrogen-bond donors (Lipinski definition) is 1. The second-order valence-corrected chi connectivity index (χ2v) is 4.63. The molecule has 108 valence electrons. The van der Waals surface area contributed by atoms with Gasteiger partial charge < -0.3 is 10.2 Å². The van der Waals surface area contributed by atoms with Crippen molar-refractivity contribution < 1.29 is 0 Å². The third-order valence-electron chi connectivity index (χ3n) is 3.25. The first kappa shape index (κ1) is 14.2. The molecule has 2 aromatic rings. The molecule has 0 amide bonds. The van der Waals surface area contributed by atoms with Crippen LogP contribution in [0.5, 0.6) is 0 Å². The van der Waals surface area contributed by atoms with Gasteiger partial charge in [0.2, 0.25) is 17.8 Å². The largest absolute Gasteiger partial charge is 0.354 e. The SMILES string of the molecule is CCNc1nc(N(C)C(C)CC)nc(-n2ccnc2)n1. The van der Waals surface area contributed by atoms with E-state index in [4.69, 9.17) is 0 Å². The predicted molar refractivity (Wildman–Crippen MR) is 79.3 cm³/mol. The first-order valence-corrected chi connectivity index (χ1v) is 6.86. The molecule has 7 nitrogen and oxygen atoms in total. The second kappa shape index (κ2) is 6.31. The van der Waals surface area contributed by atoms with Crippen LogP contribution in [0.3, 0.4) is 0 Å². The van der Waals surface area contributed by atoms with Crippen LogP contribution in [0.15, 0.2) is 18.7 Å². The molecule has 2 aromatic heterocycles. The highest BCUT2D eigenvalue weighted by molar-refractivity contribution is 5.40. The van der Waals surface area contributed by atoms with Gasteiger partial charge in [-0.25, -0.2) is 4.98 Å². The third kappa shape index (κ3) is 3.04. The molecule has 0 saturated carbocycles. The molecule has 0 spiro atoms. The Balaban J connectivity index is 2.41. The normalized spacial score (nSPS) is 12.2. The van der Waals surface area contributed by atoms with Crippen molar-refractivity contribution in [3.8, 4) is 5.95 Å². The van der Waals surface area contributed by atoms with E-state index in [2.05, 4.69) is 44.0 Å². The van der Waals surface area contributed by atoms with E-state index >= 15 is 0 Å². The first-order chi connectivity index (χ1) is 9.65. The van der Waals surface area contributed by atoms with E-state index in [0.717, 1.165) is 13.0 Å². The molecule has 1 atom stereocenters. The number of imidazole rings is 1. The maximum atomic E-state index is 4.51. The highest BCUT2D eigenvalue weighted by atomic mass is 15.3. The monoisotopic (exact) mass is 275 g/mol. The van der Waals surface area contributed by atoms with E-state index in [1.54, 1.807) is 17.1 Å². The fourth-order valence-electron chi connectivity index (χ4n) is 1.71. The summed E-state index contributed by atoms with van der Waals surface area (Å²) in [6.07, 6.45) is 6.23. The summed E-state index contributed by atoms with van der Waals surface area (Å²) in [7, 11) is 2.00. The number of aromatic nitrogens is 5. The molecule has 1 N–H and O–H groups in total. The van der Waals surface area contributed by atoms with E-state index in [9.17, 15) is 0 Å². The Kier molecular flexibility index (Phi) is 4.49. The standard InChI is InChI=1S/C13H21N7/c1-5-10(3)19(4)12-16-11(15-6-2)17-13(18-12)20-8-7-14-9-20/h7-10H,5-6H2,1-4H3,(H,15,16,17,18). The van der Waals surface area contributed by atoms with Gasteiger partial charge in [0.25, 0.3) is 0 Å². The number of rotatable bonds is 6. The summed E-state index contributed by atoms with van der Waals surface area (Å²) >= 11 is 0. The van der Waals surface area contributed by atoms with E-state index in [1.807, 2.05) is 20.2 Å². The molecule has 0 aliphatic rings. The summed E-state index contributed by atoms with van der Waals surface area (Å²) in [6, 6.07) is 0.363. The second-order valence-electron chi connectivity index (χ2n) is 4.63. The van der Waals surface area contributed by atoms with Crippen LogP contribution in [-0.4, -0.2) is 44.1 Å². The van der Waals surface area contributed by atoms with Crippen molar-refractivity contribution in [3.63, 3.8) is 0 Å².